The molecule has 3 rings (SSSR count). The third kappa shape index (κ3) is 3.28. The maximum Gasteiger partial charge on any atom is 0.220 e. The minimum absolute atomic E-state index is 0.0610. The standard InChI is InChI=1S/C17H15BrClNO2/c18-17-13(19)6-7-14(16(17)12-8-15(21)20-9-12)22-10-11-4-2-1-3-5-11/h1-7,12H,8-10H2,(H,20,21). The van der Waals surface area contributed by atoms with Gasteiger partial charge in [0.1, 0.15) is 12.4 Å². The van der Waals surface area contributed by atoms with Gasteiger partial charge in [0.05, 0.1) is 5.02 Å². The first-order chi connectivity index (χ1) is 10.6. The van der Waals surface area contributed by atoms with Gasteiger partial charge in [0, 0.05) is 28.9 Å². The molecule has 0 radical (unpaired) electrons. The quantitative estimate of drug-likeness (QED) is 0.859. The van der Waals surface area contributed by atoms with E-state index in [0.717, 1.165) is 21.3 Å². The summed E-state index contributed by atoms with van der Waals surface area (Å²) in [5, 5.41) is 3.48. The average Bonchev–Trinajstić information content (AvgIpc) is 2.95. The second-order valence-corrected chi connectivity index (χ2v) is 6.45. The van der Waals surface area contributed by atoms with E-state index in [1.165, 1.54) is 0 Å². The Labute approximate surface area is 142 Å². The summed E-state index contributed by atoms with van der Waals surface area (Å²) >= 11 is 9.75. The van der Waals surface area contributed by atoms with E-state index in [1.807, 2.05) is 36.4 Å². The second-order valence-electron chi connectivity index (χ2n) is 5.25. The summed E-state index contributed by atoms with van der Waals surface area (Å²) < 4.78 is 6.79. The fourth-order valence-corrected chi connectivity index (χ4v) is 3.42. The minimum Gasteiger partial charge on any atom is -0.489 e. The van der Waals surface area contributed by atoms with Gasteiger partial charge in [-0.15, -0.1) is 0 Å². The molecule has 0 saturated carbocycles. The summed E-state index contributed by atoms with van der Waals surface area (Å²) in [7, 11) is 0. The largest absolute Gasteiger partial charge is 0.489 e. The molecular formula is C17H15BrClNO2. The van der Waals surface area contributed by atoms with Crippen molar-refractivity contribution in [2.24, 2.45) is 0 Å². The van der Waals surface area contributed by atoms with E-state index in [4.69, 9.17) is 16.3 Å². The van der Waals surface area contributed by atoms with Gasteiger partial charge in [-0.3, -0.25) is 4.79 Å². The van der Waals surface area contributed by atoms with Crippen LogP contribution in [0.5, 0.6) is 5.75 Å². The number of carbonyl (C=O) groups excluding carboxylic acids is 1. The number of hydrogen-bond acceptors (Lipinski definition) is 2. The lowest BCUT2D eigenvalue weighted by atomic mass is 9.97. The molecule has 1 unspecified atom stereocenters. The molecule has 5 heteroatoms. The second kappa shape index (κ2) is 6.71. The first-order valence-corrected chi connectivity index (χ1v) is 8.23. The molecule has 0 aromatic heterocycles. The summed E-state index contributed by atoms with van der Waals surface area (Å²) in [6.07, 6.45) is 0.459. The molecule has 1 saturated heterocycles. The predicted molar refractivity (Wildman–Crippen MR) is 90.3 cm³/mol. The van der Waals surface area contributed by atoms with Gasteiger partial charge in [-0.2, -0.15) is 0 Å². The number of rotatable bonds is 4. The van der Waals surface area contributed by atoms with Crippen LogP contribution in [0.3, 0.4) is 0 Å². The highest BCUT2D eigenvalue weighted by atomic mass is 79.9. The number of amides is 1. The Bertz CT molecular complexity index is 691. The first-order valence-electron chi connectivity index (χ1n) is 7.06. The van der Waals surface area contributed by atoms with Crippen molar-refractivity contribution < 1.29 is 9.53 Å². The van der Waals surface area contributed by atoms with Crippen LogP contribution in [0.4, 0.5) is 0 Å². The van der Waals surface area contributed by atoms with Crippen LogP contribution in [0.15, 0.2) is 46.9 Å². The third-order valence-corrected chi connectivity index (χ3v) is 5.11. The van der Waals surface area contributed by atoms with Gasteiger partial charge < -0.3 is 10.1 Å². The fourth-order valence-electron chi connectivity index (χ4n) is 2.60. The SMILES string of the molecule is O=C1CC(c2c(OCc3ccccc3)ccc(Cl)c2Br)CN1. The van der Waals surface area contributed by atoms with E-state index < -0.39 is 0 Å². The van der Waals surface area contributed by atoms with Crippen LogP contribution in [0.1, 0.15) is 23.5 Å². The lowest BCUT2D eigenvalue weighted by Gasteiger charge is -2.18. The molecule has 2 aromatic carbocycles. The average molecular weight is 381 g/mol. The predicted octanol–water partition coefficient (Wildman–Crippen LogP) is 4.29. The van der Waals surface area contributed by atoms with Crippen LogP contribution < -0.4 is 10.1 Å². The molecule has 1 fully saturated rings. The number of carbonyl (C=O) groups is 1. The van der Waals surface area contributed by atoms with Crippen LogP contribution in [0.25, 0.3) is 0 Å². The van der Waals surface area contributed by atoms with Gasteiger partial charge in [0.25, 0.3) is 0 Å². The van der Waals surface area contributed by atoms with Crippen LogP contribution >= 0.6 is 27.5 Å². The number of halogens is 2. The van der Waals surface area contributed by atoms with E-state index in [9.17, 15) is 4.79 Å². The van der Waals surface area contributed by atoms with E-state index >= 15 is 0 Å². The van der Waals surface area contributed by atoms with Gasteiger partial charge in [-0.05, 0) is 33.6 Å². The molecule has 114 valence electrons. The van der Waals surface area contributed by atoms with Gasteiger partial charge in [0.15, 0.2) is 0 Å². The van der Waals surface area contributed by atoms with Gasteiger partial charge in [-0.1, -0.05) is 41.9 Å². The lowest BCUT2D eigenvalue weighted by molar-refractivity contribution is -0.119. The summed E-state index contributed by atoms with van der Waals surface area (Å²) in [5.74, 6) is 0.902. The maximum absolute atomic E-state index is 11.5. The highest BCUT2D eigenvalue weighted by Gasteiger charge is 2.28. The molecule has 0 aliphatic carbocycles. The monoisotopic (exact) mass is 379 g/mol. The highest BCUT2D eigenvalue weighted by Crippen LogP contribution is 2.40. The van der Waals surface area contributed by atoms with E-state index in [2.05, 4.69) is 21.2 Å². The molecule has 1 aliphatic rings. The maximum atomic E-state index is 11.5. The Morgan fingerprint density at radius 1 is 1.23 bits per heavy atom. The molecule has 22 heavy (non-hydrogen) atoms. The van der Waals surface area contributed by atoms with Crippen molar-refractivity contribution in [1.29, 1.82) is 0 Å². The zero-order chi connectivity index (χ0) is 15.5. The molecule has 3 nitrogen and oxygen atoms in total. The van der Waals surface area contributed by atoms with Crippen LogP contribution in [0, 0.1) is 0 Å². The smallest absolute Gasteiger partial charge is 0.220 e. The van der Waals surface area contributed by atoms with Crippen molar-refractivity contribution in [2.75, 3.05) is 6.54 Å². The molecule has 1 aliphatic heterocycles. The minimum atomic E-state index is 0.0610. The van der Waals surface area contributed by atoms with Gasteiger partial charge >= 0.3 is 0 Å². The molecule has 0 bridgehead atoms. The third-order valence-electron chi connectivity index (χ3n) is 3.72. The number of ether oxygens (including phenoxy) is 1. The molecule has 1 N–H and O–H groups in total. The molecule has 0 spiro atoms. The van der Waals surface area contributed by atoms with Crippen LogP contribution in [-0.2, 0) is 11.4 Å². The summed E-state index contributed by atoms with van der Waals surface area (Å²) in [6, 6.07) is 13.7. The van der Waals surface area contributed by atoms with Crippen molar-refractivity contribution in [3.8, 4) is 5.75 Å². The summed E-state index contributed by atoms with van der Waals surface area (Å²) in [4.78, 5) is 11.5. The molecule has 1 heterocycles. The molecule has 1 atom stereocenters. The molecule has 2 aromatic rings. The summed E-state index contributed by atoms with van der Waals surface area (Å²) in [5.41, 5.74) is 2.06. The Morgan fingerprint density at radius 3 is 2.68 bits per heavy atom. The zero-order valence-corrected chi connectivity index (χ0v) is 14.2. The number of benzene rings is 2. The van der Waals surface area contributed by atoms with E-state index in [-0.39, 0.29) is 11.8 Å². The normalized spacial score (nSPS) is 17.4. The van der Waals surface area contributed by atoms with Crippen molar-refractivity contribution in [1.82, 2.24) is 5.32 Å². The van der Waals surface area contributed by atoms with Crippen molar-refractivity contribution >= 4 is 33.4 Å². The number of nitrogens with one attached hydrogen (secondary N) is 1. The van der Waals surface area contributed by atoms with Gasteiger partial charge in [-0.25, -0.2) is 0 Å². The number of hydrogen-bond donors (Lipinski definition) is 1. The Kier molecular flexibility index (Phi) is 4.69. The Hall–Kier alpha value is -1.52. The van der Waals surface area contributed by atoms with Crippen LogP contribution in [-0.4, -0.2) is 12.5 Å². The Morgan fingerprint density at radius 2 is 2.00 bits per heavy atom. The topological polar surface area (TPSA) is 38.3 Å². The van der Waals surface area contributed by atoms with Crippen molar-refractivity contribution in [2.45, 2.75) is 18.9 Å². The Balaban J connectivity index is 1.87. The van der Waals surface area contributed by atoms with E-state index in [0.29, 0.717) is 24.6 Å². The van der Waals surface area contributed by atoms with E-state index in [1.54, 1.807) is 6.07 Å². The highest BCUT2D eigenvalue weighted by molar-refractivity contribution is 9.10. The lowest BCUT2D eigenvalue weighted by Crippen LogP contribution is -2.14. The summed E-state index contributed by atoms with van der Waals surface area (Å²) in [6.45, 7) is 1.09. The molecule has 1 amide bonds. The van der Waals surface area contributed by atoms with Crippen molar-refractivity contribution in [3.63, 3.8) is 0 Å². The first kappa shape index (κ1) is 15.4. The van der Waals surface area contributed by atoms with Gasteiger partial charge in [0.2, 0.25) is 5.91 Å². The van der Waals surface area contributed by atoms with Crippen molar-refractivity contribution in [3.05, 3.63) is 63.1 Å². The zero-order valence-electron chi connectivity index (χ0n) is 11.8. The molecular weight excluding hydrogens is 366 g/mol. The fraction of sp³-hybridized carbons (Fsp3) is 0.235. The van der Waals surface area contributed by atoms with Crippen LogP contribution in [0.2, 0.25) is 5.02 Å².